The highest BCUT2D eigenvalue weighted by Crippen LogP contribution is 2.60. The predicted molar refractivity (Wildman–Crippen MR) is 154 cm³/mol. The molecule has 0 heterocycles. The maximum Gasteiger partial charge on any atom is 0.134 e. The lowest BCUT2D eigenvalue weighted by Crippen LogP contribution is -2.49. The minimum absolute atomic E-state index is 0.0112. The summed E-state index contributed by atoms with van der Waals surface area (Å²) in [5, 5.41) is 5.46. The number of benzene rings is 4. The summed E-state index contributed by atoms with van der Waals surface area (Å²) < 4.78 is 0. The molecule has 1 saturated carbocycles. The molecule has 0 spiro atoms. The molecule has 0 radical (unpaired) electrons. The van der Waals surface area contributed by atoms with Crippen LogP contribution in [0.25, 0.3) is 0 Å². The first-order chi connectivity index (χ1) is 17.1. The summed E-state index contributed by atoms with van der Waals surface area (Å²) >= 11 is 0. The first-order valence-electron chi connectivity index (χ1n) is 12.4. The summed E-state index contributed by atoms with van der Waals surface area (Å²) in [6.45, 7) is 4.88. The van der Waals surface area contributed by atoms with Crippen molar-refractivity contribution in [2.45, 2.75) is 38.0 Å². The third-order valence-electron chi connectivity index (χ3n) is 7.32. The van der Waals surface area contributed by atoms with Gasteiger partial charge in [0.05, 0.1) is 0 Å². The van der Waals surface area contributed by atoms with Crippen molar-refractivity contribution in [1.29, 1.82) is 0 Å². The van der Waals surface area contributed by atoms with E-state index in [4.69, 9.17) is 0 Å². The highest BCUT2D eigenvalue weighted by Gasteiger charge is 2.50. The SMILES string of the molecule is CC1(C)[C@@H](P(c2ccccc2)c2ccccc2)CC(=O)C[C@@H]1P(c1ccccc1)c1ccccc1. The maximum absolute atomic E-state index is 13.5. The lowest BCUT2D eigenvalue weighted by atomic mass is 9.76. The standard InChI is InChI=1S/C32H32OP2/c1-32(2)30(34(26-15-7-3-8-16-26)27-17-9-4-10-18-27)23-25(33)24-31(32)35(28-19-11-5-12-20-28)29-21-13-6-14-22-29/h3-22,30-31H,23-24H2,1-2H3/t30-,31-/m0/s1. The molecule has 5 rings (SSSR count). The van der Waals surface area contributed by atoms with E-state index in [0.717, 1.165) is 0 Å². The Labute approximate surface area is 212 Å². The number of hydrogen-bond acceptors (Lipinski definition) is 1. The molecule has 4 aromatic carbocycles. The molecule has 3 heteroatoms. The zero-order valence-corrected chi connectivity index (χ0v) is 22.2. The van der Waals surface area contributed by atoms with Gasteiger partial charge in [0.2, 0.25) is 0 Å². The van der Waals surface area contributed by atoms with E-state index in [0.29, 0.717) is 18.6 Å². The van der Waals surface area contributed by atoms with Gasteiger partial charge in [-0.25, -0.2) is 0 Å². The van der Waals surface area contributed by atoms with Crippen molar-refractivity contribution in [3.63, 3.8) is 0 Å². The molecule has 0 amide bonds. The summed E-state index contributed by atoms with van der Waals surface area (Å²) in [5.74, 6) is 0.415. The van der Waals surface area contributed by atoms with Crippen LogP contribution in [0.5, 0.6) is 0 Å². The van der Waals surface area contributed by atoms with Gasteiger partial charge in [-0.3, -0.25) is 4.79 Å². The zero-order valence-electron chi connectivity index (χ0n) is 20.4. The molecule has 0 unspecified atom stereocenters. The molecule has 1 nitrogen and oxygen atoms in total. The van der Waals surface area contributed by atoms with E-state index in [1.54, 1.807) is 0 Å². The third-order valence-corrected chi connectivity index (χ3v) is 13.7. The Kier molecular flexibility index (Phi) is 7.29. The summed E-state index contributed by atoms with van der Waals surface area (Å²) in [6.07, 6.45) is 1.32. The molecule has 4 aromatic rings. The van der Waals surface area contributed by atoms with Crippen LogP contribution in [0.15, 0.2) is 121 Å². The van der Waals surface area contributed by atoms with Gasteiger partial charge in [0, 0.05) is 12.8 Å². The van der Waals surface area contributed by atoms with E-state index in [9.17, 15) is 4.79 Å². The highest BCUT2D eigenvalue weighted by atomic mass is 31.1. The van der Waals surface area contributed by atoms with E-state index in [1.165, 1.54) is 21.2 Å². The van der Waals surface area contributed by atoms with Crippen LogP contribution in [-0.4, -0.2) is 17.1 Å². The van der Waals surface area contributed by atoms with Gasteiger partial charge in [-0.2, -0.15) is 0 Å². The molecule has 0 bridgehead atoms. The van der Waals surface area contributed by atoms with Crippen molar-refractivity contribution in [1.82, 2.24) is 0 Å². The smallest absolute Gasteiger partial charge is 0.134 e. The van der Waals surface area contributed by atoms with Crippen LogP contribution < -0.4 is 21.2 Å². The lowest BCUT2D eigenvalue weighted by molar-refractivity contribution is -0.121. The molecule has 1 fully saturated rings. The van der Waals surface area contributed by atoms with Crippen LogP contribution in [0.3, 0.4) is 0 Å². The van der Waals surface area contributed by atoms with Crippen LogP contribution in [0.4, 0.5) is 0 Å². The molecular weight excluding hydrogens is 462 g/mol. The molecule has 0 saturated heterocycles. The van der Waals surface area contributed by atoms with Gasteiger partial charge in [0.15, 0.2) is 0 Å². The van der Waals surface area contributed by atoms with Gasteiger partial charge in [-0.05, 0) is 53.8 Å². The molecule has 1 aliphatic carbocycles. The van der Waals surface area contributed by atoms with Gasteiger partial charge in [-0.15, -0.1) is 0 Å². The second-order valence-electron chi connectivity index (χ2n) is 9.88. The second-order valence-corrected chi connectivity index (χ2v) is 14.7. The minimum atomic E-state index is -0.683. The van der Waals surface area contributed by atoms with Gasteiger partial charge >= 0.3 is 0 Å². The Morgan fingerprint density at radius 3 is 1.03 bits per heavy atom. The fraction of sp³-hybridized carbons (Fsp3) is 0.219. The van der Waals surface area contributed by atoms with Crippen molar-refractivity contribution in [3.8, 4) is 0 Å². The quantitative estimate of drug-likeness (QED) is 0.284. The van der Waals surface area contributed by atoms with Crippen molar-refractivity contribution in [2.24, 2.45) is 5.41 Å². The minimum Gasteiger partial charge on any atom is -0.300 e. The third kappa shape index (κ3) is 5.04. The average Bonchev–Trinajstić information content (AvgIpc) is 2.90. The largest absolute Gasteiger partial charge is 0.300 e. The monoisotopic (exact) mass is 494 g/mol. The molecule has 2 atom stereocenters. The zero-order chi connectivity index (χ0) is 24.3. The van der Waals surface area contributed by atoms with E-state index < -0.39 is 15.8 Å². The van der Waals surface area contributed by atoms with Crippen LogP contribution in [0, 0.1) is 5.41 Å². The summed E-state index contributed by atoms with van der Waals surface area (Å²) in [4.78, 5) is 13.5. The number of Topliss-reactive ketones (excluding diaryl/α,β-unsaturated/α-hetero) is 1. The first kappa shape index (κ1) is 24.1. The normalized spacial score (nSPS) is 19.7. The Hall–Kier alpha value is -2.59. The Morgan fingerprint density at radius 2 is 0.771 bits per heavy atom. The van der Waals surface area contributed by atoms with Crippen molar-refractivity contribution >= 4 is 42.8 Å². The Morgan fingerprint density at radius 1 is 0.514 bits per heavy atom. The van der Waals surface area contributed by atoms with Gasteiger partial charge < -0.3 is 0 Å². The van der Waals surface area contributed by atoms with Gasteiger partial charge in [0.25, 0.3) is 0 Å². The van der Waals surface area contributed by atoms with Crippen LogP contribution in [0.2, 0.25) is 0 Å². The highest BCUT2D eigenvalue weighted by molar-refractivity contribution is 7.75. The first-order valence-corrected chi connectivity index (χ1v) is 15.2. The lowest BCUT2D eigenvalue weighted by Gasteiger charge is -2.51. The van der Waals surface area contributed by atoms with E-state index in [1.807, 2.05) is 0 Å². The number of carbonyl (C=O) groups is 1. The molecular formula is C32H32OP2. The van der Waals surface area contributed by atoms with Crippen molar-refractivity contribution < 1.29 is 4.79 Å². The average molecular weight is 495 g/mol. The number of hydrogen-bond donors (Lipinski definition) is 0. The van der Waals surface area contributed by atoms with Gasteiger partial charge in [0.1, 0.15) is 5.78 Å². The van der Waals surface area contributed by atoms with E-state index >= 15 is 0 Å². The fourth-order valence-electron chi connectivity index (χ4n) is 5.48. The predicted octanol–water partition coefficient (Wildman–Crippen LogP) is 6.38. The molecule has 1 aliphatic rings. The number of carbonyl (C=O) groups excluding carboxylic acids is 1. The van der Waals surface area contributed by atoms with Gasteiger partial charge in [-0.1, -0.05) is 135 Å². The van der Waals surface area contributed by atoms with Crippen LogP contribution >= 0.6 is 15.8 Å². The van der Waals surface area contributed by atoms with E-state index in [2.05, 4.69) is 135 Å². The maximum atomic E-state index is 13.5. The Bertz CT molecular complexity index is 1060. The topological polar surface area (TPSA) is 17.1 Å². The van der Waals surface area contributed by atoms with Crippen molar-refractivity contribution in [3.05, 3.63) is 121 Å². The van der Waals surface area contributed by atoms with Crippen LogP contribution in [0.1, 0.15) is 26.7 Å². The summed E-state index contributed by atoms with van der Waals surface area (Å²) in [5.41, 5.74) is 0.555. The molecule has 35 heavy (non-hydrogen) atoms. The van der Waals surface area contributed by atoms with Crippen LogP contribution in [-0.2, 0) is 4.79 Å². The number of ketones is 1. The summed E-state index contributed by atoms with van der Waals surface area (Å²) in [7, 11) is -1.37. The molecule has 176 valence electrons. The fourth-order valence-corrected chi connectivity index (χ4v) is 12.1. The Balaban J connectivity index is 1.64. The summed E-state index contributed by atoms with van der Waals surface area (Å²) in [6, 6.07) is 43.6. The van der Waals surface area contributed by atoms with E-state index in [-0.39, 0.29) is 16.7 Å². The van der Waals surface area contributed by atoms with Crippen molar-refractivity contribution in [2.75, 3.05) is 0 Å². The number of rotatable bonds is 6. The second kappa shape index (κ2) is 10.6. The molecule has 0 aliphatic heterocycles. The molecule has 0 aromatic heterocycles. The molecule has 0 N–H and O–H groups in total.